The van der Waals surface area contributed by atoms with E-state index in [1.165, 1.54) is 13.1 Å². The van der Waals surface area contributed by atoms with Gasteiger partial charge in [0.1, 0.15) is 6.04 Å². The first-order valence-corrected chi connectivity index (χ1v) is 7.42. The number of thiazole rings is 1. The third-order valence-electron chi connectivity index (χ3n) is 2.63. The molecule has 21 heavy (non-hydrogen) atoms. The van der Waals surface area contributed by atoms with Crippen molar-refractivity contribution < 1.29 is 14.4 Å². The molecule has 0 spiro atoms. The SMILES string of the molecule is CC(=O)c1cnc(NC(=O)[C@H](CC(C)C)NC(=O)CN)s1. The molecule has 7 nitrogen and oxygen atoms in total. The molecule has 0 aliphatic rings. The van der Waals surface area contributed by atoms with Crippen LogP contribution in [0.3, 0.4) is 0 Å². The molecular formula is C13H20N4O3S. The number of carbonyl (C=O) groups is 3. The average molecular weight is 312 g/mol. The molecule has 0 aliphatic heterocycles. The summed E-state index contributed by atoms with van der Waals surface area (Å²) in [5.74, 6) is -0.639. The summed E-state index contributed by atoms with van der Waals surface area (Å²) >= 11 is 1.10. The summed E-state index contributed by atoms with van der Waals surface area (Å²) < 4.78 is 0. The normalized spacial score (nSPS) is 12.0. The van der Waals surface area contributed by atoms with Crippen LogP contribution in [0.4, 0.5) is 5.13 Å². The Morgan fingerprint density at radius 2 is 2.05 bits per heavy atom. The molecule has 116 valence electrons. The van der Waals surface area contributed by atoms with Crippen molar-refractivity contribution in [2.45, 2.75) is 33.2 Å². The highest BCUT2D eigenvalue weighted by Gasteiger charge is 2.22. The van der Waals surface area contributed by atoms with E-state index in [0.717, 1.165) is 11.3 Å². The van der Waals surface area contributed by atoms with Crippen LogP contribution in [0.1, 0.15) is 36.9 Å². The van der Waals surface area contributed by atoms with E-state index in [2.05, 4.69) is 15.6 Å². The van der Waals surface area contributed by atoms with Crippen LogP contribution >= 0.6 is 11.3 Å². The molecule has 0 bridgehead atoms. The van der Waals surface area contributed by atoms with Crippen LogP contribution in [0.15, 0.2) is 6.20 Å². The van der Waals surface area contributed by atoms with Crippen LogP contribution < -0.4 is 16.4 Å². The lowest BCUT2D eigenvalue weighted by atomic mass is 10.0. The number of nitrogens with two attached hydrogens (primary N) is 1. The van der Waals surface area contributed by atoms with Gasteiger partial charge in [-0.15, -0.1) is 0 Å². The monoisotopic (exact) mass is 312 g/mol. The lowest BCUT2D eigenvalue weighted by molar-refractivity contribution is -0.125. The molecule has 4 N–H and O–H groups in total. The van der Waals surface area contributed by atoms with Crippen molar-refractivity contribution in [1.29, 1.82) is 0 Å². The van der Waals surface area contributed by atoms with E-state index >= 15 is 0 Å². The molecule has 0 aromatic carbocycles. The topological polar surface area (TPSA) is 114 Å². The molecule has 1 aromatic heterocycles. The first-order valence-electron chi connectivity index (χ1n) is 6.60. The van der Waals surface area contributed by atoms with Crippen LogP contribution in [0.25, 0.3) is 0 Å². The predicted molar refractivity (Wildman–Crippen MR) is 81.2 cm³/mol. The van der Waals surface area contributed by atoms with Crippen molar-refractivity contribution >= 4 is 34.1 Å². The number of anilines is 1. The number of hydrogen-bond donors (Lipinski definition) is 3. The number of Topliss-reactive ketones (excluding diaryl/α,β-unsaturated/α-hetero) is 1. The Labute approximate surface area is 127 Å². The summed E-state index contributed by atoms with van der Waals surface area (Å²) in [6.07, 6.45) is 1.90. The highest BCUT2D eigenvalue weighted by Crippen LogP contribution is 2.19. The quantitative estimate of drug-likeness (QED) is 0.644. The molecule has 0 aliphatic carbocycles. The fourth-order valence-electron chi connectivity index (χ4n) is 1.64. The van der Waals surface area contributed by atoms with Crippen molar-refractivity contribution in [2.75, 3.05) is 11.9 Å². The predicted octanol–water partition coefficient (Wildman–Crippen LogP) is 0.774. The molecule has 2 amide bonds. The zero-order valence-corrected chi connectivity index (χ0v) is 13.1. The molecule has 0 saturated carbocycles. The molecule has 1 aromatic rings. The molecule has 0 fully saturated rings. The number of nitrogens with one attached hydrogen (secondary N) is 2. The number of ketones is 1. The third kappa shape index (κ3) is 5.60. The first kappa shape index (κ1) is 17.3. The summed E-state index contributed by atoms with van der Waals surface area (Å²) in [6, 6.07) is -0.675. The molecular weight excluding hydrogens is 292 g/mol. The van der Waals surface area contributed by atoms with Crippen molar-refractivity contribution in [1.82, 2.24) is 10.3 Å². The highest BCUT2D eigenvalue weighted by molar-refractivity contribution is 7.17. The summed E-state index contributed by atoms with van der Waals surface area (Å²) in [5, 5.41) is 5.53. The van der Waals surface area contributed by atoms with Crippen LogP contribution in [0.5, 0.6) is 0 Å². The zero-order chi connectivity index (χ0) is 16.0. The van der Waals surface area contributed by atoms with Gasteiger partial charge in [0.05, 0.1) is 17.6 Å². The first-order chi connectivity index (χ1) is 9.83. The molecule has 0 radical (unpaired) electrons. The maximum atomic E-state index is 12.2. The highest BCUT2D eigenvalue weighted by atomic mass is 32.1. The molecule has 0 saturated heterocycles. The Morgan fingerprint density at radius 3 is 2.52 bits per heavy atom. The number of rotatable bonds is 7. The number of hydrogen-bond acceptors (Lipinski definition) is 6. The summed E-state index contributed by atoms with van der Waals surface area (Å²) in [4.78, 5) is 39.2. The number of carbonyl (C=O) groups excluding carboxylic acids is 3. The summed E-state index contributed by atoms with van der Waals surface area (Å²) in [7, 11) is 0. The van der Waals surface area contributed by atoms with Crippen LogP contribution in [-0.4, -0.2) is 35.2 Å². The second-order valence-electron chi connectivity index (χ2n) is 5.03. The Balaban J connectivity index is 2.74. The van der Waals surface area contributed by atoms with E-state index in [9.17, 15) is 14.4 Å². The Hall–Kier alpha value is -1.80. The fraction of sp³-hybridized carbons (Fsp3) is 0.538. The largest absolute Gasteiger partial charge is 0.343 e. The molecule has 1 rings (SSSR count). The van der Waals surface area contributed by atoms with Crippen LogP contribution in [0, 0.1) is 5.92 Å². The van der Waals surface area contributed by atoms with Gasteiger partial charge in [0.2, 0.25) is 11.8 Å². The van der Waals surface area contributed by atoms with Gasteiger partial charge >= 0.3 is 0 Å². The maximum Gasteiger partial charge on any atom is 0.248 e. The van der Waals surface area contributed by atoms with E-state index < -0.39 is 6.04 Å². The van der Waals surface area contributed by atoms with Gasteiger partial charge in [-0.3, -0.25) is 14.4 Å². The van der Waals surface area contributed by atoms with E-state index in [4.69, 9.17) is 5.73 Å². The standard InChI is InChI=1S/C13H20N4O3S/c1-7(2)4-9(16-11(19)5-14)12(20)17-13-15-6-10(21-13)8(3)18/h6-7,9H,4-5,14H2,1-3H3,(H,16,19)(H,15,17,20)/t9-/m0/s1. The summed E-state index contributed by atoms with van der Waals surface area (Å²) in [6.45, 7) is 5.16. The van der Waals surface area contributed by atoms with Gasteiger partial charge in [-0.25, -0.2) is 4.98 Å². The van der Waals surface area contributed by atoms with Crippen molar-refractivity contribution in [3.8, 4) is 0 Å². The second kappa shape index (κ2) is 7.84. The lowest BCUT2D eigenvalue weighted by Crippen LogP contribution is -2.46. The van der Waals surface area contributed by atoms with Gasteiger partial charge in [-0.1, -0.05) is 25.2 Å². The third-order valence-corrected chi connectivity index (χ3v) is 3.64. The maximum absolute atomic E-state index is 12.2. The molecule has 0 unspecified atom stereocenters. The minimum absolute atomic E-state index is 0.108. The lowest BCUT2D eigenvalue weighted by Gasteiger charge is -2.19. The van der Waals surface area contributed by atoms with E-state index in [-0.39, 0.29) is 30.1 Å². The number of amides is 2. The molecule has 1 atom stereocenters. The van der Waals surface area contributed by atoms with Gasteiger partial charge in [-0.05, 0) is 12.3 Å². The van der Waals surface area contributed by atoms with Crippen LogP contribution in [0.2, 0.25) is 0 Å². The second-order valence-corrected chi connectivity index (χ2v) is 6.06. The van der Waals surface area contributed by atoms with Gasteiger partial charge < -0.3 is 16.4 Å². The summed E-state index contributed by atoms with van der Waals surface area (Å²) in [5.41, 5.74) is 5.25. The van der Waals surface area contributed by atoms with Gasteiger partial charge in [-0.2, -0.15) is 0 Å². The van der Waals surface area contributed by atoms with Crippen molar-refractivity contribution in [3.05, 3.63) is 11.1 Å². The van der Waals surface area contributed by atoms with Crippen molar-refractivity contribution in [3.63, 3.8) is 0 Å². The Bertz CT molecular complexity index is 527. The van der Waals surface area contributed by atoms with E-state index in [1.54, 1.807) is 0 Å². The zero-order valence-electron chi connectivity index (χ0n) is 12.3. The minimum Gasteiger partial charge on any atom is -0.343 e. The van der Waals surface area contributed by atoms with Gasteiger partial charge in [0.15, 0.2) is 10.9 Å². The van der Waals surface area contributed by atoms with Gasteiger partial charge in [0.25, 0.3) is 0 Å². The van der Waals surface area contributed by atoms with E-state index in [1.807, 2.05) is 13.8 Å². The molecule has 1 heterocycles. The number of aromatic nitrogens is 1. The fourth-order valence-corrected chi connectivity index (χ4v) is 2.36. The average Bonchev–Trinajstić information content (AvgIpc) is 2.85. The van der Waals surface area contributed by atoms with E-state index in [0.29, 0.717) is 16.4 Å². The van der Waals surface area contributed by atoms with Crippen molar-refractivity contribution in [2.24, 2.45) is 11.7 Å². The minimum atomic E-state index is -0.675. The Kier molecular flexibility index (Phi) is 6.44. The van der Waals surface area contributed by atoms with Crippen LogP contribution in [-0.2, 0) is 9.59 Å². The molecule has 8 heteroatoms. The smallest absolute Gasteiger partial charge is 0.248 e. The number of nitrogens with zero attached hydrogens (tertiary/aromatic N) is 1. The van der Waals surface area contributed by atoms with Gasteiger partial charge in [0, 0.05) is 6.92 Å². The Morgan fingerprint density at radius 1 is 1.38 bits per heavy atom.